The number of nitrogens with zero attached hydrogens (tertiary/aromatic N) is 2. The van der Waals surface area contributed by atoms with Gasteiger partial charge in [0.15, 0.2) is 0 Å². The fourth-order valence-electron chi connectivity index (χ4n) is 2.21. The summed E-state index contributed by atoms with van der Waals surface area (Å²) < 4.78 is 14.0. The number of halogens is 1. The number of anilines is 1. The van der Waals surface area contributed by atoms with Crippen molar-refractivity contribution in [1.82, 2.24) is 4.98 Å². The topological polar surface area (TPSA) is 68.1 Å². The van der Waals surface area contributed by atoms with Gasteiger partial charge in [-0.15, -0.1) is 0 Å². The Kier molecular flexibility index (Phi) is 4.35. The number of fused-ring (bicyclic) bond motifs is 1. The van der Waals surface area contributed by atoms with E-state index in [1.165, 1.54) is 6.07 Å². The molecule has 0 radical (unpaired) electrons. The molecule has 1 heterocycles. The van der Waals surface area contributed by atoms with E-state index in [1.54, 1.807) is 6.07 Å². The monoisotopic (exact) mass is 291 g/mol. The van der Waals surface area contributed by atoms with Gasteiger partial charge in [-0.05, 0) is 30.0 Å². The van der Waals surface area contributed by atoms with Crippen molar-refractivity contribution in [3.8, 4) is 0 Å². The van der Waals surface area contributed by atoms with Crippen molar-refractivity contribution in [3.05, 3.63) is 39.7 Å². The number of nitro groups is 1. The maximum atomic E-state index is 14.0. The Morgan fingerprint density at radius 1 is 1.43 bits per heavy atom. The minimum Gasteiger partial charge on any atom is -0.370 e. The molecule has 0 spiro atoms. The Balaban J connectivity index is 2.73. The Morgan fingerprint density at radius 3 is 2.71 bits per heavy atom. The van der Waals surface area contributed by atoms with Gasteiger partial charge in [-0.3, -0.25) is 10.1 Å². The molecule has 0 saturated heterocycles. The van der Waals surface area contributed by atoms with Crippen LogP contribution in [0.2, 0.25) is 0 Å². The Hall–Kier alpha value is -2.24. The number of hydrogen-bond acceptors (Lipinski definition) is 4. The first-order valence-corrected chi connectivity index (χ1v) is 6.97. The van der Waals surface area contributed by atoms with Gasteiger partial charge in [0.2, 0.25) is 0 Å². The molecule has 0 aliphatic heterocycles. The summed E-state index contributed by atoms with van der Waals surface area (Å²) in [5, 5.41) is 14.5. The molecule has 5 nitrogen and oxygen atoms in total. The van der Waals surface area contributed by atoms with Crippen LogP contribution in [-0.4, -0.2) is 16.5 Å². The van der Waals surface area contributed by atoms with Gasteiger partial charge in [0.05, 0.1) is 10.3 Å². The minimum absolute atomic E-state index is 0.0344. The van der Waals surface area contributed by atoms with Crippen LogP contribution >= 0.6 is 0 Å². The highest BCUT2D eigenvalue weighted by Gasteiger charge is 2.19. The number of rotatable bonds is 5. The summed E-state index contributed by atoms with van der Waals surface area (Å²) in [4.78, 5) is 14.9. The van der Waals surface area contributed by atoms with Gasteiger partial charge in [-0.25, -0.2) is 9.37 Å². The molecule has 0 aliphatic rings. The number of benzene rings is 1. The number of hydrogen-bond donors (Lipinski definition) is 1. The lowest BCUT2D eigenvalue weighted by atomic mass is 10.0. The highest BCUT2D eigenvalue weighted by atomic mass is 19.1. The van der Waals surface area contributed by atoms with Crippen molar-refractivity contribution in [2.75, 3.05) is 11.9 Å². The molecule has 2 aromatic rings. The van der Waals surface area contributed by atoms with Crippen molar-refractivity contribution < 1.29 is 9.31 Å². The number of pyridine rings is 1. The van der Waals surface area contributed by atoms with E-state index in [9.17, 15) is 14.5 Å². The zero-order valence-corrected chi connectivity index (χ0v) is 12.3. The van der Waals surface area contributed by atoms with Gasteiger partial charge < -0.3 is 5.32 Å². The predicted molar refractivity (Wildman–Crippen MR) is 81.2 cm³/mol. The van der Waals surface area contributed by atoms with Crippen molar-refractivity contribution in [2.45, 2.75) is 33.1 Å². The van der Waals surface area contributed by atoms with Crippen molar-refractivity contribution >= 4 is 22.4 Å². The third-order valence-electron chi connectivity index (χ3n) is 3.30. The SMILES string of the molecule is CCCNc1nc2c(F)ccc([N+](=O)[O-])c2cc1C(C)C. The fraction of sp³-hybridized carbons (Fsp3) is 0.400. The van der Waals surface area contributed by atoms with Crippen LogP contribution in [0, 0.1) is 15.9 Å². The highest BCUT2D eigenvalue weighted by Crippen LogP contribution is 2.33. The standard InChI is InChI=1S/C15H18FN3O2/c1-4-7-17-15-10(9(2)3)8-11-13(19(20)21)6-5-12(16)14(11)18-15/h5-6,8-9H,4,7H2,1-3H3,(H,17,18). The molecule has 0 fully saturated rings. The molecular weight excluding hydrogens is 273 g/mol. The van der Waals surface area contributed by atoms with E-state index >= 15 is 0 Å². The zero-order chi connectivity index (χ0) is 15.6. The van der Waals surface area contributed by atoms with E-state index in [4.69, 9.17) is 0 Å². The number of nitrogens with one attached hydrogen (secondary N) is 1. The molecule has 0 saturated carbocycles. The molecule has 0 unspecified atom stereocenters. The Labute approximate surface area is 122 Å². The molecule has 0 bridgehead atoms. The third kappa shape index (κ3) is 2.94. The lowest BCUT2D eigenvalue weighted by molar-refractivity contribution is -0.383. The number of aromatic nitrogens is 1. The van der Waals surface area contributed by atoms with E-state index in [0.29, 0.717) is 5.82 Å². The molecule has 0 aliphatic carbocycles. The Morgan fingerprint density at radius 2 is 2.14 bits per heavy atom. The van der Waals surface area contributed by atoms with E-state index in [2.05, 4.69) is 10.3 Å². The largest absolute Gasteiger partial charge is 0.370 e. The van der Waals surface area contributed by atoms with Gasteiger partial charge in [-0.1, -0.05) is 20.8 Å². The molecule has 6 heteroatoms. The van der Waals surface area contributed by atoms with E-state index in [1.807, 2.05) is 20.8 Å². The lowest BCUT2D eigenvalue weighted by Gasteiger charge is -2.15. The summed E-state index contributed by atoms with van der Waals surface area (Å²) in [7, 11) is 0. The zero-order valence-electron chi connectivity index (χ0n) is 12.3. The van der Waals surface area contributed by atoms with Gasteiger partial charge >= 0.3 is 0 Å². The summed E-state index contributed by atoms with van der Waals surface area (Å²) >= 11 is 0. The first-order valence-electron chi connectivity index (χ1n) is 6.97. The van der Waals surface area contributed by atoms with Crippen LogP contribution in [0.4, 0.5) is 15.9 Å². The summed E-state index contributed by atoms with van der Waals surface area (Å²) in [6.07, 6.45) is 0.911. The summed E-state index contributed by atoms with van der Waals surface area (Å²) in [6.45, 7) is 6.69. The maximum Gasteiger partial charge on any atom is 0.278 e. The normalized spacial score (nSPS) is 11.1. The summed E-state index contributed by atoms with van der Waals surface area (Å²) in [5.74, 6) is 0.174. The van der Waals surface area contributed by atoms with E-state index < -0.39 is 10.7 Å². The van der Waals surface area contributed by atoms with Crippen molar-refractivity contribution in [1.29, 1.82) is 0 Å². The van der Waals surface area contributed by atoms with Gasteiger partial charge in [0.1, 0.15) is 17.2 Å². The molecule has 1 N–H and O–H groups in total. The van der Waals surface area contributed by atoms with E-state index in [-0.39, 0.29) is 22.5 Å². The van der Waals surface area contributed by atoms with Crippen molar-refractivity contribution in [2.24, 2.45) is 0 Å². The third-order valence-corrected chi connectivity index (χ3v) is 3.30. The molecule has 21 heavy (non-hydrogen) atoms. The van der Waals surface area contributed by atoms with Gasteiger partial charge in [0.25, 0.3) is 5.69 Å². The van der Waals surface area contributed by atoms with Crippen molar-refractivity contribution in [3.63, 3.8) is 0 Å². The molecule has 112 valence electrons. The smallest absolute Gasteiger partial charge is 0.278 e. The molecule has 2 rings (SSSR count). The van der Waals surface area contributed by atoms with Crippen LogP contribution in [0.5, 0.6) is 0 Å². The van der Waals surface area contributed by atoms with Crippen LogP contribution in [0.25, 0.3) is 10.9 Å². The average Bonchev–Trinajstić information content (AvgIpc) is 2.44. The first kappa shape index (κ1) is 15.2. The Bertz CT molecular complexity index is 686. The molecule has 1 aromatic heterocycles. The van der Waals surface area contributed by atoms with Crippen LogP contribution in [0.15, 0.2) is 18.2 Å². The highest BCUT2D eigenvalue weighted by molar-refractivity contribution is 5.90. The van der Waals surface area contributed by atoms with Crippen LogP contribution < -0.4 is 5.32 Å². The number of nitro benzene ring substituents is 1. The van der Waals surface area contributed by atoms with Gasteiger partial charge in [0, 0.05) is 12.6 Å². The molecular formula is C15H18FN3O2. The second-order valence-electron chi connectivity index (χ2n) is 5.23. The quantitative estimate of drug-likeness (QED) is 0.661. The minimum atomic E-state index is -0.551. The van der Waals surface area contributed by atoms with Crippen LogP contribution in [-0.2, 0) is 0 Å². The molecule has 0 atom stereocenters. The second kappa shape index (κ2) is 6.03. The van der Waals surface area contributed by atoms with E-state index in [0.717, 1.165) is 24.6 Å². The maximum absolute atomic E-state index is 14.0. The predicted octanol–water partition coefficient (Wildman–Crippen LogP) is 4.23. The van der Waals surface area contributed by atoms with Crippen LogP contribution in [0.3, 0.4) is 0 Å². The first-order chi connectivity index (χ1) is 9.95. The lowest BCUT2D eigenvalue weighted by Crippen LogP contribution is -2.07. The average molecular weight is 291 g/mol. The second-order valence-corrected chi connectivity index (χ2v) is 5.23. The molecule has 1 aromatic carbocycles. The number of non-ortho nitro benzene ring substituents is 1. The molecule has 0 amide bonds. The summed E-state index contributed by atoms with van der Waals surface area (Å²) in [6, 6.07) is 3.95. The summed E-state index contributed by atoms with van der Waals surface area (Å²) in [5.41, 5.74) is 0.764. The fourth-order valence-corrected chi connectivity index (χ4v) is 2.21. The van der Waals surface area contributed by atoms with Gasteiger partial charge in [-0.2, -0.15) is 0 Å². The van der Waals surface area contributed by atoms with Crippen LogP contribution in [0.1, 0.15) is 38.7 Å².